The topological polar surface area (TPSA) is 85.2 Å². The molecule has 1 aromatic rings. The lowest BCUT2D eigenvalue weighted by Gasteiger charge is -2.04. The highest BCUT2D eigenvalue weighted by Crippen LogP contribution is 2.05. The van der Waals surface area contributed by atoms with Gasteiger partial charge >= 0.3 is 5.97 Å². The van der Waals surface area contributed by atoms with Crippen LogP contribution in [0.4, 0.5) is 0 Å². The molecule has 0 atom stereocenters. The van der Waals surface area contributed by atoms with E-state index >= 15 is 0 Å². The van der Waals surface area contributed by atoms with E-state index in [9.17, 15) is 9.59 Å². The van der Waals surface area contributed by atoms with Crippen LogP contribution in [0.25, 0.3) is 0 Å². The molecular formula is C9H12N2O3. The third-order valence-electron chi connectivity index (χ3n) is 1.92. The van der Waals surface area contributed by atoms with E-state index in [1.54, 1.807) is 13.0 Å². The Bertz CT molecular complexity index is 409. The van der Waals surface area contributed by atoms with E-state index in [1.807, 2.05) is 0 Å². The van der Waals surface area contributed by atoms with E-state index in [2.05, 4.69) is 9.72 Å². The molecule has 14 heavy (non-hydrogen) atoms. The number of carbonyl (C=O) groups excluding carboxylic acids is 1. The summed E-state index contributed by atoms with van der Waals surface area (Å²) < 4.78 is 4.51. The molecule has 0 bridgehead atoms. The van der Waals surface area contributed by atoms with Crippen molar-refractivity contribution in [3.63, 3.8) is 0 Å². The molecule has 76 valence electrons. The second-order valence-electron chi connectivity index (χ2n) is 2.88. The van der Waals surface area contributed by atoms with Gasteiger partial charge in [-0.15, -0.1) is 0 Å². The molecule has 0 aromatic carbocycles. The molecular weight excluding hydrogens is 184 g/mol. The fourth-order valence-corrected chi connectivity index (χ4v) is 1.16. The highest BCUT2D eigenvalue weighted by atomic mass is 16.5. The van der Waals surface area contributed by atoms with Gasteiger partial charge in [0.05, 0.1) is 7.11 Å². The van der Waals surface area contributed by atoms with E-state index in [-0.39, 0.29) is 17.8 Å². The number of hydrogen-bond acceptors (Lipinski definition) is 4. The molecule has 0 spiro atoms. The van der Waals surface area contributed by atoms with Crippen LogP contribution in [0.5, 0.6) is 0 Å². The first-order chi connectivity index (χ1) is 6.60. The van der Waals surface area contributed by atoms with Gasteiger partial charge in [0.25, 0.3) is 5.56 Å². The van der Waals surface area contributed by atoms with E-state index in [4.69, 9.17) is 5.73 Å². The van der Waals surface area contributed by atoms with Crippen LogP contribution in [0.1, 0.15) is 21.6 Å². The largest absolute Gasteiger partial charge is 0.464 e. The number of aromatic amines is 1. The summed E-state index contributed by atoms with van der Waals surface area (Å²) in [6.07, 6.45) is 0. The van der Waals surface area contributed by atoms with Crippen molar-refractivity contribution in [2.75, 3.05) is 7.11 Å². The van der Waals surface area contributed by atoms with Crippen LogP contribution in [0, 0.1) is 6.92 Å². The van der Waals surface area contributed by atoms with E-state index in [0.29, 0.717) is 11.1 Å². The molecule has 5 heteroatoms. The number of carbonyl (C=O) groups is 1. The molecule has 1 aromatic heterocycles. The maximum atomic E-state index is 11.3. The number of ether oxygens (including phenoxy) is 1. The number of rotatable bonds is 2. The normalized spacial score (nSPS) is 9.93. The number of pyridine rings is 1. The second kappa shape index (κ2) is 4.06. The summed E-state index contributed by atoms with van der Waals surface area (Å²) in [4.78, 5) is 24.9. The zero-order chi connectivity index (χ0) is 10.7. The molecule has 5 nitrogen and oxygen atoms in total. The Kier molecular flexibility index (Phi) is 3.03. The predicted molar refractivity (Wildman–Crippen MR) is 51.0 cm³/mol. The summed E-state index contributed by atoms with van der Waals surface area (Å²) in [5.74, 6) is -0.553. The Hall–Kier alpha value is -1.62. The molecule has 0 saturated heterocycles. The van der Waals surface area contributed by atoms with E-state index < -0.39 is 5.97 Å². The summed E-state index contributed by atoms with van der Waals surface area (Å²) in [7, 11) is 1.26. The van der Waals surface area contributed by atoms with Crippen LogP contribution in [0.2, 0.25) is 0 Å². The van der Waals surface area contributed by atoms with Crippen LogP contribution in [0.3, 0.4) is 0 Å². The van der Waals surface area contributed by atoms with Crippen molar-refractivity contribution in [1.29, 1.82) is 0 Å². The van der Waals surface area contributed by atoms with Gasteiger partial charge in [0.2, 0.25) is 0 Å². The minimum Gasteiger partial charge on any atom is -0.464 e. The Labute approximate surface area is 80.9 Å². The Morgan fingerprint density at radius 2 is 2.29 bits per heavy atom. The van der Waals surface area contributed by atoms with Gasteiger partial charge in [0.15, 0.2) is 0 Å². The number of esters is 1. The third-order valence-corrected chi connectivity index (χ3v) is 1.92. The van der Waals surface area contributed by atoms with Crippen molar-refractivity contribution < 1.29 is 9.53 Å². The fourth-order valence-electron chi connectivity index (χ4n) is 1.16. The third kappa shape index (κ3) is 1.82. The van der Waals surface area contributed by atoms with Gasteiger partial charge in [-0.25, -0.2) is 4.79 Å². The number of nitrogens with one attached hydrogen (secondary N) is 1. The van der Waals surface area contributed by atoms with Gasteiger partial charge in [-0.05, 0) is 18.6 Å². The fraction of sp³-hybridized carbons (Fsp3) is 0.333. The molecule has 0 aliphatic carbocycles. The van der Waals surface area contributed by atoms with Gasteiger partial charge in [-0.1, -0.05) is 0 Å². The molecule has 1 heterocycles. The number of nitrogens with two attached hydrogens (primary N) is 1. The number of hydrogen-bond donors (Lipinski definition) is 2. The highest BCUT2D eigenvalue weighted by molar-refractivity contribution is 5.88. The maximum Gasteiger partial charge on any atom is 0.354 e. The van der Waals surface area contributed by atoms with Crippen molar-refractivity contribution >= 4 is 5.97 Å². The quantitative estimate of drug-likeness (QED) is 0.648. The molecule has 0 fully saturated rings. The zero-order valence-corrected chi connectivity index (χ0v) is 8.09. The predicted octanol–water partition coefficient (Wildman–Crippen LogP) is -0.0714. The van der Waals surface area contributed by atoms with E-state index in [1.165, 1.54) is 7.11 Å². The Morgan fingerprint density at radius 3 is 2.79 bits per heavy atom. The number of aromatic nitrogens is 1. The van der Waals surface area contributed by atoms with Gasteiger partial charge < -0.3 is 15.5 Å². The molecule has 0 saturated carbocycles. The minimum atomic E-state index is -0.553. The molecule has 1 rings (SSSR count). The minimum absolute atomic E-state index is 0.150. The average Bonchev–Trinajstić information content (AvgIpc) is 2.19. The molecule has 3 N–H and O–H groups in total. The van der Waals surface area contributed by atoms with Crippen LogP contribution >= 0.6 is 0 Å². The highest BCUT2D eigenvalue weighted by Gasteiger charge is 2.11. The lowest BCUT2D eigenvalue weighted by atomic mass is 10.1. The monoisotopic (exact) mass is 196 g/mol. The zero-order valence-electron chi connectivity index (χ0n) is 8.09. The van der Waals surface area contributed by atoms with Crippen molar-refractivity contribution in [3.05, 3.63) is 33.2 Å². The summed E-state index contributed by atoms with van der Waals surface area (Å²) in [5, 5.41) is 0. The summed E-state index contributed by atoms with van der Waals surface area (Å²) in [5.41, 5.74) is 6.27. The molecule has 0 amide bonds. The summed E-state index contributed by atoms with van der Waals surface area (Å²) >= 11 is 0. The van der Waals surface area contributed by atoms with Crippen LogP contribution in [0.15, 0.2) is 10.9 Å². The van der Waals surface area contributed by atoms with Crippen molar-refractivity contribution in [1.82, 2.24) is 4.98 Å². The molecule has 0 aliphatic rings. The Morgan fingerprint density at radius 1 is 1.64 bits per heavy atom. The van der Waals surface area contributed by atoms with Crippen molar-refractivity contribution in [3.8, 4) is 0 Å². The molecule has 0 radical (unpaired) electrons. The van der Waals surface area contributed by atoms with Crippen LogP contribution in [-0.2, 0) is 11.3 Å². The van der Waals surface area contributed by atoms with Crippen LogP contribution in [-0.4, -0.2) is 18.1 Å². The second-order valence-corrected chi connectivity index (χ2v) is 2.88. The lowest BCUT2D eigenvalue weighted by Crippen LogP contribution is -2.21. The number of H-pyrrole nitrogens is 1. The van der Waals surface area contributed by atoms with Gasteiger partial charge in [0.1, 0.15) is 5.69 Å². The average molecular weight is 196 g/mol. The van der Waals surface area contributed by atoms with Gasteiger partial charge in [-0.2, -0.15) is 0 Å². The smallest absolute Gasteiger partial charge is 0.354 e. The lowest BCUT2D eigenvalue weighted by molar-refractivity contribution is 0.0592. The van der Waals surface area contributed by atoms with Gasteiger partial charge in [-0.3, -0.25) is 4.79 Å². The maximum absolute atomic E-state index is 11.3. The van der Waals surface area contributed by atoms with Crippen LogP contribution < -0.4 is 11.3 Å². The van der Waals surface area contributed by atoms with Crippen molar-refractivity contribution in [2.45, 2.75) is 13.5 Å². The Balaban J connectivity index is 3.29. The first-order valence-electron chi connectivity index (χ1n) is 4.11. The first kappa shape index (κ1) is 10.5. The first-order valence-corrected chi connectivity index (χ1v) is 4.11. The molecule has 0 unspecified atom stereocenters. The number of aryl methyl sites for hydroxylation is 1. The summed E-state index contributed by atoms with van der Waals surface area (Å²) in [6, 6.07) is 1.59. The van der Waals surface area contributed by atoms with Gasteiger partial charge in [0, 0.05) is 12.1 Å². The SMILES string of the molecule is COC(=O)c1[nH]c(=O)c(CN)cc1C. The summed E-state index contributed by atoms with van der Waals surface area (Å²) in [6.45, 7) is 1.86. The standard InChI is InChI=1S/C9H12N2O3/c1-5-3-6(4-10)8(12)11-7(5)9(13)14-2/h3H,4,10H2,1-2H3,(H,11,12). The van der Waals surface area contributed by atoms with Crippen molar-refractivity contribution in [2.24, 2.45) is 5.73 Å². The van der Waals surface area contributed by atoms with E-state index in [0.717, 1.165) is 0 Å². The number of methoxy groups -OCH3 is 1. The molecule has 0 aliphatic heterocycles.